The van der Waals surface area contributed by atoms with Crippen LogP contribution in [0.1, 0.15) is 74.5 Å². The van der Waals surface area contributed by atoms with Crippen LogP contribution in [-0.4, -0.2) is 28.4 Å². The third-order valence-corrected chi connectivity index (χ3v) is 4.20. The van der Waals surface area contributed by atoms with E-state index < -0.39 is 0 Å². The zero-order valence-electron chi connectivity index (χ0n) is 13.5. The van der Waals surface area contributed by atoms with Gasteiger partial charge in [-0.15, -0.1) is 10.2 Å². The Morgan fingerprint density at radius 1 is 1.05 bits per heavy atom. The Labute approximate surface area is 131 Å². The Morgan fingerprint density at radius 2 is 1.77 bits per heavy atom. The summed E-state index contributed by atoms with van der Waals surface area (Å²) in [4.78, 5) is 4.84. The van der Waals surface area contributed by atoms with Crippen molar-refractivity contribution in [3.63, 3.8) is 0 Å². The molecule has 0 aliphatic carbocycles. The predicted octanol–water partition coefficient (Wildman–Crippen LogP) is 3.63. The number of hydrogen-bond acceptors (Lipinski definition) is 5. The van der Waals surface area contributed by atoms with Gasteiger partial charge in [0.1, 0.15) is 0 Å². The van der Waals surface area contributed by atoms with Crippen LogP contribution >= 0.6 is 0 Å². The number of hydrogen-bond donors (Lipinski definition) is 0. The molecular weight excluding hydrogens is 278 g/mol. The van der Waals surface area contributed by atoms with Crippen molar-refractivity contribution in [2.45, 2.75) is 51.4 Å². The fourth-order valence-electron chi connectivity index (χ4n) is 2.71. The average Bonchev–Trinajstić information content (AvgIpc) is 3.05. The molecular formula is C17H23N3O2. The van der Waals surface area contributed by atoms with Crippen molar-refractivity contribution in [3.8, 4) is 0 Å². The molecule has 5 nitrogen and oxygen atoms in total. The Morgan fingerprint density at radius 3 is 2.45 bits per heavy atom. The summed E-state index contributed by atoms with van der Waals surface area (Å²) < 4.78 is 11.2. The minimum Gasteiger partial charge on any atom is -0.424 e. The minimum atomic E-state index is 0.0137. The van der Waals surface area contributed by atoms with Crippen molar-refractivity contribution < 1.29 is 9.15 Å². The summed E-state index contributed by atoms with van der Waals surface area (Å²) >= 11 is 0. The maximum Gasteiger partial charge on any atom is 0.225 e. The highest BCUT2D eigenvalue weighted by Crippen LogP contribution is 2.28. The van der Waals surface area contributed by atoms with E-state index in [4.69, 9.17) is 14.1 Å². The van der Waals surface area contributed by atoms with Gasteiger partial charge in [0.15, 0.2) is 0 Å². The van der Waals surface area contributed by atoms with Crippen molar-refractivity contribution in [3.05, 3.63) is 41.4 Å². The molecule has 1 fully saturated rings. The van der Waals surface area contributed by atoms with E-state index in [0.717, 1.165) is 37.4 Å². The van der Waals surface area contributed by atoms with Crippen LogP contribution in [0.3, 0.4) is 0 Å². The number of rotatable bonds is 4. The van der Waals surface area contributed by atoms with Gasteiger partial charge >= 0.3 is 0 Å². The first-order valence-corrected chi connectivity index (χ1v) is 8.03. The summed E-state index contributed by atoms with van der Waals surface area (Å²) in [5.41, 5.74) is 2.14. The second kappa shape index (κ2) is 6.57. The van der Waals surface area contributed by atoms with Gasteiger partial charge in [0, 0.05) is 30.7 Å². The van der Waals surface area contributed by atoms with Gasteiger partial charge in [-0.1, -0.05) is 19.9 Å². The lowest BCUT2D eigenvalue weighted by atomic mass is 9.95. The highest BCUT2D eigenvalue weighted by atomic mass is 16.5. The lowest BCUT2D eigenvalue weighted by Gasteiger charge is -2.22. The van der Waals surface area contributed by atoms with Crippen molar-refractivity contribution in [1.82, 2.24) is 15.2 Å². The molecule has 0 bridgehead atoms. The zero-order chi connectivity index (χ0) is 15.5. The number of nitrogens with zero attached hydrogens (tertiary/aromatic N) is 3. The van der Waals surface area contributed by atoms with Crippen molar-refractivity contribution >= 4 is 0 Å². The molecule has 1 atom stereocenters. The van der Waals surface area contributed by atoms with Crippen LogP contribution in [0, 0.1) is 0 Å². The zero-order valence-corrected chi connectivity index (χ0v) is 13.5. The summed E-state index contributed by atoms with van der Waals surface area (Å²) in [7, 11) is 0. The lowest BCUT2D eigenvalue weighted by Crippen LogP contribution is -2.15. The second-order valence-electron chi connectivity index (χ2n) is 6.23. The summed E-state index contributed by atoms with van der Waals surface area (Å²) in [5.74, 6) is 2.08. The van der Waals surface area contributed by atoms with Crippen molar-refractivity contribution in [2.75, 3.05) is 13.2 Å². The van der Waals surface area contributed by atoms with Gasteiger partial charge in [-0.3, -0.25) is 4.98 Å². The highest BCUT2D eigenvalue weighted by molar-refractivity contribution is 5.21. The van der Waals surface area contributed by atoms with Crippen LogP contribution < -0.4 is 0 Å². The molecule has 1 aliphatic rings. The van der Waals surface area contributed by atoms with Crippen molar-refractivity contribution in [1.29, 1.82) is 0 Å². The van der Waals surface area contributed by atoms with Crippen LogP contribution in [-0.2, 0) is 4.74 Å². The number of aromatic nitrogens is 3. The summed E-state index contributed by atoms with van der Waals surface area (Å²) in [6.07, 6.45) is 2.09. The fraction of sp³-hybridized carbons (Fsp3) is 0.588. The third kappa shape index (κ3) is 3.19. The van der Waals surface area contributed by atoms with E-state index in [1.807, 2.05) is 19.9 Å². The van der Waals surface area contributed by atoms with Gasteiger partial charge in [0.25, 0.3) is 0 Å². The normalized spacial score (nSPS) is 17.8. The van der Waals surface area contributed by atoms with Crippen LogP contribution in [0.4, 0.5) is 0 Å². The first-order chi connectivity index (χ1) is 10.6. The van der Waals surface area contributed by atoms with Crippen LogP contribution in [0.25, 0.3) is 0 Å². The number of ether oxygens (including phenoxy) is 1. The molecule has 0 N–H and O–H groups in total. The maximum absolute atomic E-state index is 5.76. The highest BCUT2D eigenvalue weighted by Gasteiger charge is 2.21. The molecule has 1 unspecified atom stereocenters. The molecule has 3 rings (SSSR count). The predicted molar refractivity (Wildman–Crippen MR) is 82.9 cm³/mol. The monoisotopic (exact) mass is 301 g/mol. The van der Waals surface area contributed by atoms with Gasteiger partial charge < -0.3 is 9.15 Å². The third-order valence-electron chi connectivity index (χ3n) is 4.20. The Bertz CT molecular complexity index is 618. The quantitative estimate of drug-likeness (QED) is 0.863. The summed E-state index contributed by atoms with van der Waals surface area (Å²) in [6, 6.07) is 6.22. The molecule has 2 aromatic heterocycles. The van der Waals surface area contributed by atoms with E-state index in [2.05, 4.69) is 29.3 Å². The van der Waals surface area contributed by atoms with E-state index in [1.54, 1.807) is 0 Å². The first kappa shape index (κ1) is 15.2. The molecule has 3 heterocycles. The van der Waals surface area contributed by atoms with Gasteiger partial charge in [-0.25, -0.2) is 0 Å². The van der Waals surface area contributed by atoms with E-state index in [9.17, 15) is 0 Å². The topological polar surface area (TPSA) is 61.0 Å². The maximum atomic E-state index is 5.76. The van der Waals surface area contributed by atoms with E-state index in [0.29, 0.717) is 17.7 Å². The Kier molecular flexibility index (Phi) is 4.52. The summed E-state index contributed by atoms with van der Waals surface area (Å²) in [5, 5.41) is 8.29. The summed E-state index contributed by atoms with van der Waals surface area (Å²) in [6.45, 7) is 7.81. The molecule has 1 aliphatic heterocycles. The molecule has 0 amide bonds. The minimum absolute atomic E-state index is 0.0137. The largest absolute Gasteiger partial charge is 0.424 e. The Balaban J connectivity index is 1.81. The average molecular weight is 301 g/mol. The van der Waals surface area contributed by atoms with E-state index in [-0.39, 0.29) is 11.8 Å². The first-order valence-electron chi connectivity index (χ1n) is 8.03. The lowest BCUT2D eigenvalue weighted by molar-refractivity contribution is 0.0844. The molecule has 1 saturated heterocycles. The molecule has 0 spiro atoms. The molecule has 0 saturated carbocycles. The SMILES string of the molecule is CC(C)c1nnc(C(C)c2cccc(C3CCOCC3)n2)o1. The van der Waals surface area contributed by atoms with Crippen LogP contribution in [0.5, 0.6) is 0 Å². The smallest absolute Gasteiger partial charge is 0.225 e. The number of pyridine rings is 1. The van der Waals surface area contributed by atoms with Gasteiger partial charge in [0.05, 0.1) is 11.6 Å². The molecule has 0 aromatic carbocycles. The molecule has 22 heavy (non-hydrogen) atoms. The Hall–Kier alpha value is -1.75. The van der Waals surface area contributed by atoms with Gasteiger partial charge in [-0.2, -0.15) is 0 Å². The van der Waals surface area contributed by atoms with Crippen LogP contribution in [0.15, 0.2) is 22.6 Å². The van der Waals surface area contributed by atoms with Gasteiger partial charge in [-0.05, 0) is 31.9 Å². The molecule has 118 valence electrons. The molecule has 5 heteroatoms. The molecule has 2 aromatic rings. The second-order valence-corrected chi connectivity index (χ2v) is 6.23. The van der Waals surface area contributed by atoms with E-state index in [1.165, 1.54) is 0 Å². The van der Waals surface area contributed by atoms with Crippen molar-refractivity contribution in [2.24, 2.45) is 0 Å². The van der Waals surface area contributed by atoms with E-state index >= 15 is 0 Å². The molecule has 0 radical (unpaired) electrons. The fourth-order valence-corrected chi connectivity index (χ4v) is 2.71. The van der Waals surface area contributed by atoms with Gasteiger partial charge in [0.2, 0.25) is 11.8 Å². The van der Waals surface area contributed by atoms with Crippen LogP contribution in [0.2, 0.25) is 0 Å². The standard InChI is InChI=1S/C17H23N3O2/c1-11(2)16-19-20-17(22-16)12(3)14-5-4-6-15(18-14)13-7-9-21-10-8-13/h4-6,11-13H,7-10H2,1-3H3.